The second-order valence-electron chi connectivity index (χ2n) is 14.5. The zero-order chi connectivity index (χ0) is 42.1. The van der Waals surface area contributed by atoms with Crippen LogP contribution in [-0.2, 0) is 32.2 Å². The van der Waals surface area contributed by atoms with Gasteiger partial charge >= 0.3 is 11.9 Å². The summed E-state index contributed by atoms with van der Waals surface area (Å²) < 4.78 is 31.9. The van der Waals surface area contributed by atoms with Crippen LogP contribution in [0.3, 0.4) is 0 Å². The number of rotatable bonds is 24. The highest BCUT2D eigenvalue weighted by Gasteiger charge is 2.17. The van der Waals surface area contributed by atoms with E-state index in [9.17, 15) is 9.59 Å². The van der Waals surface area contributed by atoms with Crippen LogP contribution in [0.5, 0.6) is 11.5 Å². The first-order valence-electron chi connectivity index (χ1n) is 20.6. The number of H-pyrrole nitrogens is 1. The molecule has 318 valence electrons. The number of unbranched alkanes of at least 4 members (excludes halogenated alkanes) is 4. The molecule has 7 rings (SSSR count). The summed E-state index contributed by atoms with van der Waals surface area (Å²) >= 11 is 0. The first-order chi connectivity index (χ1) is 29.4. The number of hydrogen-bond donors (Lipinski definition) is 3. The summed E-state index contributed by atoms with van der Waals surface area (Å²) in [6.45, 7) is 4.06. The molecule has 14 heteroatoms. The van der Waals surface area contributed by atoms with Crippen molar-refractivity contribution in [3.05, 3.63) is 85.5 Å². The Morgan fingerprint density at radius 2 is 1.23 bits per heavy atom. The van der Waals surface area contributed by atoms with Crippen molar-refractivity contribution in [2.24, 2.45) is 0 Å². The number of aryl methyl sites for hydroxylation is 2. The van der Waals surface area contributed by atoms with Crippen LogP contribution in [0.1, 0.15) is 64.2 Å². The van der Waals surface area contributed by atoms with Crippen molar-refractivity contribution < 1.29 is 43.2 Å². The van der Waals surface area contributed by atoms with E-state index in [0.717, 1.165) is 119 Å². The van der Waals surface area contributed by atoms with Gasteiger partial charge in [0.05, 0.1) is 47.1 Å². The number of aliphatic carboxylic acids is 2. The number of benzene rings is 3. The van der Waals surface area contributed by atoms with Crippen molar-refractivity contribution in [3.8, 4) is 34.3 Å². The van der Waals surface area contributed by atoms with Crippen LogP contribution in [0.4, 0.5) is 0 Å². The smallest absolute Gasteiger partial charge is 0.303 e. The number of nitrogens with zero attached hydrogens (tertiary/aromatic N) is 4. The molecule has 0 amide bonds. The van der Waals surface area contributed by atoms with E-state index in [-0.39, 0.29) is 12.8 Å². The van der Waals surface area contributed by atoms with Gasteiger partial charge in [-0.3, -0.25) is 9.59 Å². The number of methoxy groups -OCH3 is 2. The lowest BCUT2D eigenvalue weighted by Gasteiger charge is -2.10. The van der Waals surface area contributed by atoms with Crippen LogP contribution in [-0.4, -0.2) is 86.9 Å². The Morgan fingerprint density at radius 3 is 1.78 bits per heavy atom. The number of fused-ring (bicyclic) bond motifs is 3. The Morgan fingerprint density at radius 1 is 0.667 bits per heavy atom. The van der Waals surface area contributed by atoms with E-state index >= 15 is 0 Å². The normalized spacial score (nSPS) is 11.3. The molecule has 7 aromatic rings. The maximum absolute atomic E-state index is 10.6. The molecule has 0 saturated carbocycles. The SMILES string of the molecule is COCCCn1c(-c2c[nH]c3ccccc23)nc2ccc(OCCCCCC(=O)O)cc21.COCCCn1c(-c2ccoc2)nc2ccc(OCCCCCC(=O)O)cc21. The van der Waals surface area contributed by atoms with E-state index < -0.39 is 11.9 Å². The van der Waals surface area contributed by atoms with Crippen LogP contribution in [0.15, 0.2) is 89.9 Å². The van der Waals surface area contributed by atoms with Crippen LogP contribution in [0, 0.1) is 0 Å². The standard InChI is InChI=1S/C25H29N3O4.C21H26N2O5/c1-31-14-7-13-28-23-16-18(32-15-6-2-3-10-24(29)30)11-12-22(23)27-25(28)20-17-26-21-9-5-4-8-19(20)21;1-26-11-5-10-23-19-14-17(28-12-4-2-3-6-20(24)25)7-8-18(19)22-21(23)16-9-13-27-15-16/h4-5,8-9,11-12,16-17,26H,2-3,6-7,10,13-15H2,1H3,(H,29,30);7-9,13-15H,2-6,10-12H2,1H3,(H,24,25). The van der Waals surface area contributed by atoms with Crippen LogP contribution in [0.25, 0.3) is 55.7 Å². The Kier molecular flexibility index (Phi) is 16.2. The Balaban J connectivity index is 0.000000203. The number of carboxylic acids is 2. The Labute approximate surface area is 349 Å². The molecule has 3 aromatic carbocycles. The predicted octanol–water partition coefficient (Wildman–Crippen LogP) is 9.60. The van der Waals surface area contributed by atoms with E-state index in [1.54, 1.807) is 26.7 Å². The summed E-state index contributed by atoms with van der Waals surface area (Å²) in [7, 11) is 3.42. The highest BCUT2D eigenvalue weighted by atomic mass is 16.5. The van der Waals surface area contributed by atoms with E-state index in [2.05, 4.69) is 26.3 Å². The molecule has 3 N–H and O–H groups in total. The van der Waals surface area contributed by atoms with Crippen molar-refractivity contribution in [2.45, 2.75) is 77.3 Å². The van der Waals surface area contributed by atoms with E-state index in [0.29, 0.717) is 39.3 Å². The molecule has 0 aliphatic heterocycles. The third kappa shape index (κ3) is 11.8. The fourth-order valence-corrected chi connectivity index (χ4v) is 7.14. The topological polar surface area (TPSA) is 176 Å². The first kappa shape index (κ1) is 43.5. The molecule has 0 atom stereocenters. The Bertz CT molecular complexity index is 2410. The summed E-state index contributed by atoms with van der Waals surface area (Å²) in [5.74, 6) is 1.89. The molecule has 0 fully saturated rings. The lowest BCUT2D eigenvalue weighted by atomic mass is 10.1. The summed E-state index contributed by atoms with van der Waals surface area (Å²) in [5.41, 5.74) is 6.98. The molecule has 4 heterocycles. The molecule has 0 aliphatic rings. The average molecular weight is 822 g/mol. The number of imidazole rings is 2. The van der Waals surface area contributed by atoms with Gasteiger partial charge in [0.25, 0.3) is 0 Å². The average Bonchev–Trinajstić information content (AvgIpc) is 4.06. The number of para-hydroxylation sites is 1. The molecule has 0 bridgehead atoms. The van der Waals surface area contributed by atoms with Gasteiger partial charge in [-0.15, -0.1) is 0 Å². The number of carboxylic acid groups (broad SMARTS) is 2. The van der Waals surface area contributed by atoms with Gasteiger partial charge in [0.1, 0.15) is 29.4 Å². The molecule has 0 spiro atoms. The second-order valence-corrected chi connectivity index (χ2v) is 14.5. The number of aromatic nitrogens is 5. The summed E-state index contributed by atoms with van der Waals surface area (Å²) in [5, 5.41) is 18.5. The third-order valence-electron chi connectivity index (χ3n) is 10.1. The highest BCUT2D eigenvalue weighted by Crippen LogP contribution is 2.33. The van der Waals surface area contributed by atoms with E-state index in [4.69, 9.17) is 43.5 Å². The number of furan rings is 1. The molecule has 0 aliphatic carbocycles. The zero-order valence-corrected chi connectivity index (χ0v) is 34.4. The molecule has 14 nitrogen and oxygen atoms in total. The van der Waals surface area contributed by atoms with Gasteiger partial charge in [0.15, 0.2) is 0 Å². The Hall–Kier alpha value is -6.12. The van der Waals surface area contributed by atoms with Gasteiger partial charge in [0.2, 0.25) is 0 Å². The minimum Gasteiger partial charge on any atom is -0.494 e. The van der Waals surface area contributed by atoms with Crippen molar-refractivity contribution in [1.82, 2.24) is 24.1 Å². The molecule has 0 radical (unpaired) electrons. The number of aromatic amines is 1. The van der Waals surface area contributed by atoms with Crippen molar-refractivity contribution in [3.63, 3.8) is 0 Å². The molecule has 0 unspecified atom stereocenters. The zero-order valence-electron chi connectivity index (χ0n) is 34.4. The quantitative estimate of drug-likeness (QED) is 0.0495. The maximum atomic E-state index is 10.6. The number of nitrogens with one attached hydrogen (secondary N) is 1. The summed E-state index contributed by atoms with van der Waals surface area (Å²) in [6.07, 6.45) is 12.2. The molecule has 4 aromatic heterocycles. The lowest BCUT2D eigenvalue weighted by Crippen LogP contribution is -2.04. The highest BCUT2D eigenvalue weighted by molar-refractivity contribution is 5.96. The predicted molar refractivity (Wildman–Crippen MR) is 231 cm³/mol. The summed E-state index contributed by atoms with van der Waals surface area (Å²) in [6, 6.07) is 22.0. The first-order valence-corrected chi connectivity index (χ1v) is 20.6. The third-order valence-corrected chi connectivity index (χ3v) is 10.1. The fourth-order valence-electron chi connectivity index (χ4n) is 7.14. The number of ether oxygens (including phenoxy) is 4. The molecular formula is C46H55N5O9. The second kappa shape index (κ2) is 22.3. The maximum Gasteiger partial charge on any atom is 0.303 e. The fraction of sp³-hybridized carbons (Fsp3) is 0.391. The van der Waals surface area contributed by atoms with Crippen LogP contribution < -0.4 is 9.47 Å². The van der Waals surface area contributed by atoms with Crippen molar-refractivity contribution in [2.75, 3.05) is 40.6 Å². The van der Waals surface area contributed by atoms with Gasteiger partial charge < -0.3 is 47.7 Å². The van der Waals surface area contributed by atoms with E-state index in [1.807, 2.05) is 60.8 Å². The van der Waals surface area contributed by atoms with Crippen molar-refractivity contribution >= 4 is 44.9 Å². The summed E-state index contributed by atoms with van der Waals surface area (Å²) in [4.78, 5) is 34.2. The van der Waals surface area contributed by atoms with Gasteiger partial charge in [-0.25, -0.2) is 9.97 Å². The van der Waals surface area contributed by atoms with Crippen molar-refractivity contribution in [1.29, 1.82) is 0 Å². The van der Waals surface area contributed by atoms with Gasteiger partial charge in [0, 0.05) is 88.2 Å². The lowest BCUT2D eigenvalue weighted by molar-refractivity contribution is -0.138. The van der Waals surface area contributed by atoms with Crippen LogP contribution >= 0.6 is 0 Å². The molecular weight excluding hydrogens is 767 g/mol. The largest absolute Gasteiger partial charge is 0.494 e. The van der Waals surface area contributed by atoms with Crippen LogP contribution in [0.2, 0.25) is 0 Å². The van der Waals surface area contributed by atoms with Gasteiger partial charge in [-0.1, -0.05) is 18.2 Å². The monoisotopic (exact) mass is 821 g/mol. The molecule has 60 heavy (non-hydrogen) atoms. The van der Waals surface area contributed by atoms with Gasteiger partial charge in [-0.05, 0) is 87.8 Å². The van der Waals surface area contributed by atoms with Gasteiger partial charge in [-0.2, -0.15) is 0 Å². The van der Waals surface area contributed by atoms with E-state index in [1.165, 1.54) is 0 Å². The minimum absolute atomic E-state index is 0.212. The number of hydrogen-bond acceptors (Lipinski definition) is 9. The minimum atomic E-state index is -0.749. The molecule has 0 saturated heterocycles. The number of carbonyl (C=O) groups is 2.